The highest BCUT2D eigenvalue weighted by molar-refractivity contribution is 7.15. The molecule has 3 aromatic rings. The molecule has 0 fully saturated rings. The summed E-state index contributed by atoms with van der Waals surface area (Å²) in [6, 6.07) is 11.8. The van der Waals surface area contributed by atoms with Gasteiger partial charge in [-0.15, -0.1) is 11.3 Å². The van der Waals surface area contributed by atoms with Crippen molar-refractivity contribution in [3.8, 4) is 5.00 Å². The number of benzene rings is 1. The number of amides is 2. The molecule has 4 rings (SSSR count). The molecule has 30 heavy (non-hydrogen) atoms. The van der Waals surface area contributed by atoms with E-state index >= 15 is 0 Å². The molecule has 1 aliphatic heterocycles. The number of carbonyl (C=O) groups is 1. The second-order valence-corrected chi connectivity index (χ2v) is 8.94. The van der Waals surface area contributed by atoms with E-state index in [1.165, 1.54) is 26.6 Å². The summed E-state index contributed by atoms with van der Waals surface area (Å²) in [5, 5.41) is 7.45. The first-order chi connectivity index (χ1) is 14.6. The van der Waals surface area contributed by atoms with Gasteiger partial charge in [0.25, 0.3) is 0 Å². The molecule has 1 atom stereocenters. The van der Waals surface area contributed by atoms with Crippen LogP contribution in [0.3, 0.4) is 0 Å². The molecule has 1 aliphatic rings. The Labute approximate surface area is 182 Å². The second-order valence-electron chi connectivity index (χ2n) is 7.86. The summed E-state index contributed by atoms with van der Waals surface area (Å²) in [4.78, 5) is 16.7. The largest absolute Gasteiger partial charge is 0.331 e. The summed E-state index contributed by atoms with van der Waals surface area (Å²) >= 11 is 1.86. The molecule has 6 heteroatoms. The van der Waals surface area contributed by atoms with Crippen molar-refractivity contribution in [2.75, 3.05) is 18.4 Å². The Kier molecular flexibility index (Phi) is 6.25. The van der Waals surface area contributed by atoms with E-state index in [4.69, 9.17) is 0 Å². The number of anilines is 1. The summed E-state index contributed by atoms with van der Waals surface area (Å²) in [6.45, 7) is 9.54. The zero-order chi connectivity index (χ0) is 21.1. The minimum Gasteiger partial charge on any atom is -0.331 e. The SMILES string of the molecule is CC[C@@H](NC(=O)Nc1ccc(C)cc1)c1c(-n2cccc2)sc2c1CCN(CC)C2. The molecule has 0 saturated heterocycles. The maximum Gasteiger partial charge on any atom is 0.319 e. The molecule has 1 aromatic carbocycles. The Hall–Kier alpha value is -2.57. The van der Waals surface area contributed by atoms with Gasteiger partial charge in [-0.2, -0.15) is 0 Å². The predicted molar refractivity (Wildman–Crippen MR) is 125 cm³/mol. The number of hydrogen-bond donors (Lipinski definition) is 2. The number of carbonyl (C=O) groups excluding carboxylic acids is 1. The fourth-order valence-corrected chi connectivity index (χ4v) is 5.52. The van der Waals surface area contributed by atoms with Crippen LogP contribution in [0.2, 0.25) is 0 Å². The van der Waals surface area contributed by atoms with Crippen LogP contribution in [-0.2, 0) is 13.0 Å². The summed E-state index contributed by atoms with van der Waals surface area (Å²) in [5.41, 5.74) is 4.69. The molecular weight excluding hydrogens is 392 g/mol. The van der Waals surface area contributed by atoms with Crippen LogP contribution in [0.1, 0.15) is 47.9 Å². The molecule has 2 amide bonds. The molecule has 5 nitrogen and oxygen atoms in total. The van der Waals surface area contributed by atoms with E-state index < -0.39 is 0 Å². The molecule has 0 radical (unpaired) electrons. The van der Waals surface area contributed by atoms with E-state index in [2.05, 4.69) is 58.5 Å². The van der Waals surface area contributed by atoms with Crippen LogP contribution in [0.15, 0.2) is 48.8 Å². The molecule has 0 aliphatic carbocycles. The van der Waals surface area contributed by atoms with Crippen LogP contribution in [0.4, 0.5) is 10.5 Å². The van der Waals surface area contributed by atoms with Crippen LogP contribution >= 0.6 is 11.3 Å². The third kappa shape index (κ3) is 4.30. The molecule has 2 aromatic heterocycles. The first-order valence-corrected chi connectivity index (χ1v) is 11.5. The number of fused-ring (bicyclic) bond motifs is 1. The normalized spacial score (nSPS) is 14.9. The van der Waals surface area contributed by atoms with E-state index in [1.807, 2.05) is 42.5 Å². The lowest BCUT2D eigenvalue weighted by molar-refractivity contribution is 0.247. The van der Waals surface area contributed by atoms with Crippen LogP contribution in [-0.4, -0.2) is 28.6 Å². The van der Waals surface area contributed by atoms with Crippen molar-refractivity contribution in [1.29, 1.82) is 0 Å². The summed E-state index contributed by atoms with van der Waals surface area (Å²) in [6.07, 6.45) is 6.07. The van der Waals surface area contributed by atoms with E-state index in [0.717, 1.165) is 38.2 Å². The fraction of sp³-hybridized carbons (Fsp3) is 0.375. The van der Waals surface area contributed by atoms with Crippen molar-refractivity contribution in [1.82, 2.24) is 14.8 Å². The highest BCUT2D eigenvalue weighted by Crippen LogP contribution is 2.40. The zero-order valence-electron chi connectivity index (χ0n) is 17.9. The van der Waals surface area contributed by atoms with Crippen molar-refractivity contribution in [2.45, 2.75) is 46.2 Å². The maximum atomic E-state index is 12.8. The highest BCUT2D eigenvalue weighted by atomic mass is 32.1. The molecule has 158 valence electrons. The summed E-state index contributed by atoms with van der Waals surface area (Å²) < 4.78 is 2.19. The lowest BCUT2D eigenvalue weighted by Crippen LogP contribution is -2.34. The van der Waals surface area contributed by atoms with Gasteiger partial charge in [-0.25, -0.2) is 4.79 Å². The average molecular weight is 423 g/mol. The van der Waals surface area contributed by atoms with Crippen LogP contribution in [0, 0.1) is 6.92 Å². The van der Waals surface area contributed by atoms with Gasteiger partial charge in [0.2, 0.25) is 0 Å². The molecule has 3 heterocycles. The number of likely N-dealkylation sites (N-methyl/N-ethyl adjacent to an activating group) is 1. The van der Waals surface area contributed by atoms with E-state index in [-0.39, 0.29) is 12.1 Å². The van der Waals surface area contributed by atoms with Crippen molar-refractivity contribution in [3.05, 3.63) is 70.4 Å². The minimum atomic E-state index is -0.157. The number of aryl methyl sites for hydroxylation is 1. The van der Waals surface area contributed by atoms with E-state index in [9.17, 15) is 4.79 Å². The second kappa shape index (κ2) is 9.06. The summed E-state index contributed by atoms with van der Waals surface area (Å²) in [5.74, 6) is 0. The van der Waals surface area contributed by atoms with Crippen LogP contribution < -0.4 is 10.6 Å². The van der Waals surface area contributed by atoms with Gasteiger partial charge in [-0.3, -0.25) is 4.90 Å². The average Bonchev–Trinajstić information content (AvgIpc) is 3.41. The van der Waals surface area contributed by atoms with Crippen LogP contribution in [0.5, 0.6) is 0 Å². The van der Waals surface area contributed by atoms with Crippen molar-refractivity contribution in [2.24, 2.45) is 0 Å². The fourth-order valence-electron chi connectivity index (χ4n) is 4.10. The predicted octanol–water partition coefficient (Wildman–Crippen LogP) is 5.50. The lowest BCUT2D eigenvalue weighted by Gasteiger charge is -2.27. The molecular formula is C24H30N4OS. The van der Waals surface area contributed by atoms with Gasteiger partial charge < -0.3 is 15.2 Å². The van der Waals surface area contributed by atoms with E-state index in [0.29, 0.717) is 0 Å². The number of nitrogens with zero attached hydrogens (tertiary/aromatic N) is 2. The molecule has 0 saturated carbocycles. The number of rotatable bonds is 6. The smallest absolute Gasteiger partial charge is 0.319 e. The van der Waals surface area contributed by atoms with Gasteiger partial charge in [-0.05, 0) is 56.1 Å². The molecule has 0 unspecified atom stereocenters. The number of hydrogen-bond acceptors (Lipinski definition) is 3. The first-order valence-electron chi connectivity index (χ1n) is 10.7. The third-order valence-electron chi connectivity index (χ3n) is 5.81. The number of nitrogens with one attached hydrogen (secondary N) is 2. The monoisotopic (exact) mass is 422 g/mol. The van der Waals surface area contributed by atoms with Gasteiger partial charge in [0.05, 0.1) is 6.04 Å². The summed E-state index contributed by atoms with van der Waals surface area (Å²) in [7, 11) is 0. The number of thiophene rings is 1. The molecule has 2 N–H and O–H groups in total. The Balaban J connectivity index is 1.62. The number of aromatic nitrogens is 1. The maximum absolute atomic E-state index is 12.8. The van der Waals surface area contributed by atoms with Gasteiger partial charge in [0.15, 0.2) is 0 Å². The topological polar surface area (TPSA) is 49.3 Å². The van der Waals surface area contributed by atoms with Crippen LogP contribution in [0.25, 0.3) is 5.00 Å². The van der Waals surface area contributed by atoms with Crippen molar-refractivity contribution >= 4 is 23.1 Å². The highest BCUT2D eigenvalue weighted by Gasteiger charge is 2.29. The molecule has 0 bridgehead atoms. The zero-order valence-corrected chi connectivity index (χ0v) is 18.8. The quantitative estimate of drug-likeness (QED) is 0.551. The van der Waals surface area contributed by atoms with Gasteiger partial charge in [0, 0.05) is 41.6 Å². The van der Waals surface area contributed by atoms with Gasteiger partial charge >= 0.3 is 6.03 Å². The third-order valence-corrected chi connectivity index (χ3v) is 7.06. The Bertz CT molecular complexity index is 991. The van der Waals surface area contributed by atoms with Gasteiger partial charge in [0.1, 0.15) is 5.00 Å². The van der Waals surface area contributed by atoms with Gasteiger partial charge in [-0.1, -0.05) is 31.5 Å². The van der Waals surface area contributed by atoms with Crippen molar-refractivity contribution < 1.29 is 4.79 Å². The number of urea groups is 1. The first kappa shape index (κ1) is 20.7. The van der Waals surface area contributed by atoms with Crippen molar-refractivity contribution in [3.63, 3.8) is 0 Å². The standard InChI is InChI=1S/C24H30N4OS/c1-4-20(26-24(29)25-18-10-8-17(3)9-11-18)22-19-12-15-27(5-2)16-21(19)30-23(22)28-13-6-7-14-28/h6-11,13-14,20H,4-5,12,15-16H2,1-3H3,(H2,25,26,29)/t20-/m1/s1. The Morgan fingerprint density at radius 3 is 2.57 bits per heavy atom. The Morgan fingerprint density at radius 2 is 1.90 bits per heavy atom. The lowest BCUT2D eigenvalue weighted by atomic mass is 9.96. The molecule has 0 spiro atoms. The Morgan fingerprint density at radius 1 is 1.17 bits per heavy atom. The van der Waals surface area contributed by atoms with E-state index in [1.54, 1.807) is 0 Å². The minimum absolute atomic E-state index is 0.0268.